The Labute approximate surface area is 66.2 Å². The van der Waals surface area contributed by atoms with Crippen molar-refractivity contribution in [2.45, 2.75) is 27.0 Å². The lowest BCUT2D eigenvalue weighted by atomic mass is 10.5. The van der Waals surface area contributed by atoms with Crippen LogP contribution in [0, 0.1) is 0 Å². The number of rotatable bonds is 4. The fourth-order valence-electron chi connectivity index (χ4n) is 0.766. The van der Waals surface area contributed by atoms with E-state index >= 15 is 0 Å². The van der Waals surface area contributed by atoms with Crippen molar-refractivity contribution < 1.29 is 4.74 Å². The Bertz CT molecular complexity index is 209. The molecule has 0 amide bonds. The van der Waals surface area contributed by atoms with Gasteiger partial charge in [0.1, 0.15) is 5.69 Å². The molecule has 0 aliphatic heterocycles. The van der Waals surface area contributed by atoms with Crippen LogP contribution in [0.1, 0.15) is 19.5 Å². The molecule has 0 aliphatic carbocycles. The molecule has 0 N–H and O–H groups in total. The van der Waals surface area contributed by atoms with Gasteiger partial charge in [-0.05, 0) is 13.8 Å². The number of hydrogen-bond donors (Lipinski definition) is 0. The molecule has 0 atom stereocenters. The Morgan fingerprint density at radius 3 is 2.91 bits per heavy atom. The Balaban J connectivity index is 2.44. The van der Waals surface area contributed by atoms with Crippen LogP contribution in [0.2, 0.25) is 0 Å². The van der Waals surface area contributed by atoms with Crippen molar-refractivity contribution in [3.63, 3.8) is 0 Å². The van der Waals surface area contributed by atoms with E-state index in [0.717, 1.165) is 18.8 Å². The molecule has 1 rings (SSSR count). The van der Waals surface area contributed by atoms with Crippen LogP contribution in [0.15, 0.2) is 6.20 Å². The van der Waals surface area contributed by atoms with Crippen molar-refractivity contribution in [3.8, 4) is 0 Å². The van der Waals surface area contributed by atoms with Gasteiger partial charge in [-0.15, -0.1) is 5.10 Å². The van der Waals surface area contributed by atoms with Gasteiger partial charge >= 0.3 is 0 Å². The first-order chi connectivity index (χ1) is 5.36. The smallest absolute Gasteiger partial charge is 0.108 e. The zero-order chi connectivity index (χ0) is 8.10. The summed E-state index contributed by atoms with van der Waals surface area (Å²) < 4.78 is 6.95. The molecule has 0 unspecified atom stereocenters. The van der Waals surface area contributed by atoms with Gasteiger partial charge in [0.2, 0.25) is 0 Å². The predicted molar refractivity (Wildman–Crippen MR) is 41.0 cm³/mol. The van der Waals surface area contributed by atoms with Crippen LogP contribution in [0.3, 0.4) is 0 Å². The molecule has 0 saturated carbocycles. The lowest BCUT2D eigenvalue weighted by Gasteiger charge is -1.93. The van der Waals surface area contributed by atoms with Crippen LogP contribution in [0.25, 0.3) is 0 Å². The molecule has 0 saturated heterocycles. The van der Waals surface area contributed by atoms with Crippen LogP contribution in [-0.2, 0) is 17.9 Å². The number of aromatic nitrogens is 3. The van der Waals surface area contributed by atoms with Gasteiger partial charge in [0.05, 0.1) is 12.8 Å². The van der Waals surface area contributed by atoms with E-state index in [2.05, 4.69) is 10.3 Å². The van der Waals surface area contributed by atoms with Crippen LogP contribution >= 0.6 is 0 Å². The Kier molecular flexibility index (Phi) is 3.04. The van der Waals surface area contributed by atoms with Crippen molar-refractivity contribution in [1.82, 2.24) is 15.0 Å². The summed E-state index contributed by atoms with van der Waals surface area (Å²) in [6, 6.07) is 0. The van der Waals surface area contributed by atoms with Gasteiger partial charge < -0.3 is 4.74 Å². The zero-order valence-corrected chi connectivity index (χ0v) is 6.95. The van der Waals surface area contributed by atoms with E-state index in [1.54, 1.807) is 4.68 Å². The second-order valence-electron chi connectivity index (χ2n) is 2.20. The topological polar surface area (TPSA) is 39.9 Å². The lowest BCUT2D eigenvalue weighted by molar-refractivity contribution is 0.131. The average Bonchev–Trinajstić information content (AvgIpc) is 2.48. The zero-order valence-electron chi connectivity index (χ0n) is 6.95. The van der Waals surface area contributed by atoms with Crippen LogP contribution in [0.4, 0.5) is 0 Å². The fraction of sp³-hybridized carbons (Fsp3) is 0.714. The van der Waals surface area contributed by atoms with Crippen molar-refractivity contribution in [3.05, 3.63) is 11.9 Å². The third-order valence-corrected chi connectivity index (χ3v) is 1.36. The monoisotopic (exact) mass is 155 g/mol. The van der Waals surface area contributed by atoms with Gasteiger partial charge in [-0.1, -0.05) is 5.21 Å². The molecule has 4 heteroatoms. The molecular weight excluding hydrogens is 142 g/mol. The van der Waals surface area contributed by atoms with Crippen molar-refractivity contribution in [1.29, 1.82) is 0 Å². The minimum atomic E-state index is 0.566. The summed E-state index contributed by atoms with van der Waals surface area (Å²) in [6.45, 7) is 6.14. The highest BCUT2D eigenvalue weighted by Gasteiger charge is 1.97. The number of aryl methyl sites for hydroxylation is 1. The van der Waals surface area contributed by atoms with Crippen LogP contribution in [0.5, 0.6) is 0 Å². The normalized spacial score (nSPS) is 10.4. The maximum Gasteiger partial charge on any atom is 0.108 e. The number of ether oxygens (including phenoxy) is 1. The van der Waals surface area contributed by atoms with Gasteiger partial charge in [0, 0.05) is 13.2 Å². The molecule has 1 heterocycles. The molecule has 11 heavy (non-hydrogen) atoms. The maximum absolute atomic E-state index is 5.16. The van der Waals surface area contributed by atoms with E-state index < -0.39 is 0 Å². The lowest BCUT2D eigenvalue weighted by Crippen LogP contribution is -1.93. The highest BCUT2D eigenvalue weighted by molar-refractivity contribution is 4.89. The highest BCUT2D eigenvalue weighted by Crippen LogP contribution is 1.94. The molecule has 0 fully saturated rings. The third-order valence-electron chi connectivity index (χ3n) is 1.36. The van der Waals surface area contributed by atoms with Crippen molar-refractivity contribution in [2.75, 3.05) is 6.61 Å². The Morgan fingerprint density at radius 1 is 1.55 bits per heavy atom. The molecule has 0 spiro atoms. The molecule has 0 aromatic carbocycles. The van der Waals surface area contributed by atoms with Crippen molar-refractivity contribution >= 4 is 0 Å². The SMILES string of the molecule is CCOCc1cn(CC)nn1. The summed E-state index contributed by atoms with van der Waals surface area (Å²) in [6.07, 6.45) is 1.90. The Hall–Kier alpha value is -0.900. The van der Waals surface area contributed by atoms with Gasteiger partial charge in [0.15, 0.2) is 0 Å². The molecule has 0 aliphatic rings. The quantitative estimate of drug-likeness (QED) is 0.646. The molecular formula is C7H13N3O. The van der Waals surface area contributed by atoms with Gasteiger partial charge in [0.25, 0.3) is 0 Å². The molecule has 62 valence electrons. The summed E-state index contributed by atoms with van der Waals surface area (Å²) in [5, 5.41) is 7.79. The van der Waals surface area contributed by atoms with E-state index in [0.29, 0.717) is 6.61 Å². The molecule has 4 nitrogen and oxygen atoms in total. The molecule has 0 bridgehead atoms. The first-order valence-corrected chi connectivity index (χ1v) is 3.83. The summed E-state index contributed by atoms with van der Waals surface area (Å²) in [5.41, 5.74) is 0.897. The van der Waals surface area contributed by atoms with E-state index in [4.69, 9.17) is 4.74 Å². The Morgan fingerprint density at radius 2 is 2.36 bits per heavy atom. The van der Waals surface area contributed by atoms with Gasteiger partial charge in [-0.25, -0.2) is 0 Å². The van der Waals surface area contributed by atoms with Crippen LogP contribution in [-0.4, -0.2) is 21.6 Å². The largest absolute Gasteiger partial charge is 0.375 e. The van der Waals surface area contributed by atoms with E-state index in [1.807, 2.05) is 20.0 Å². The summed E-state index contributed by atoms with van der Waals surface area (Å²) in [5.74, 6) is 0. The molecule has 1 aromatic rings. The fourth-order valence-corrected chi connectivity index (χ4v) is 0.766. The van der Waals surface area contributed by atoms with E-state index in [9.17, 15) is 0 Å². The average molecular weight is 155 g/mol. The first-order valence-electron chi connectivity index (χ1n) is 3.83. The summed E-state index contributed by atoms with van der Waals surface area (Å²) >= 11 is 0. The standard InChI is InChI=1S/C7H13N3O/c1-3-10-5-7(8-9-10)6-11-4-2/h5H,3-4,6H2,1-2H3. The van der Waals surface area contributed by atoms with E-state index in [-0.39, 0.29) is 0 Å². The summed E-state index contributed by atoms with van der Waals surface area (Å²) in [7, 11) is 0. The second-order valence-corrected chi connectivity index (χ2v) is 2.20. The van der Waals surface area contributed by atoms with E-state index in [1.165, 1.54) is 0 Å². The summed E-state index contributed by atoms with van der Waals surface area (Å²) in [4.78, 5) is 0. The highest BCUT2D eigenvalue weighted by atomic mass is 16.5. The minimum Gasteiger partial charge on any atom is -0.375 e. The van der Waals surface area contributed by atoms with Crippen LogP contribution < -0.4 is 0 Å². The van der Waals surface area contributed by atoms with Gasteiger partial charge in [-0.2, -0.15) is 0 Å². The first kappa shape index (κ1) is 8.20. The predicted octanol–water partition coefficient (Wildman–Crippen LogP) is 0.835. The van der Waals surface area contributed by atoms with Gasteiger partial charge in [-0.3, -0.25) is 4.68 Å². The maximum atomic E-state index is 5.16. The minimum absolute atomic E-state index is 0.566. The second kappa shape index (κ2) is 4.08. The number of nitrogens with zero attached hydrogens (tertiary/aromatic N) is 3. The van der Waals surface area contributed by atoms with Crippen molar-refractivity contribution in [2.24, 2.45) is 0 Å². The molecule has 0 radical (unpaired) electrons. The number of hydrogen-bond acceptors (Lipinski definition) is 3. The third kappa shape index (κ3) is 2.31. The molecule has 1 aromatic heterocycles.